The van der Waals surface area contributed by atoms with Gasteiger partial charge in [0.15, 0.2) is 16.8 Å². The van der Waals surface area contributed by atoms with Gasteiger partial charge in [-0.15, -0.1) is 10.2 Å². The second-order valence-corrected chi connectivity index (χ2v) is 32.4. The Labute approximate surface area is 397 Å². The van der Waals surface area contributed by atoms with Crippen molar-refractivity contribution in [3.8, 4) is 45.6 Å². The standard InChI is InChI=1S/C21H28N8O3SSi.C21H28N8OSSi.CH4/c1-14-11-22-21(33(3,30)31)24-18(14)16-12-29(13-32-9-10-34(4,5)6)19-15(16)7-8-17(23-19)20-25-26-27-28(20)2;1-14-11-22-21(31-3)24-18(14)16-12-29(13-30-9-10-32(4,5)6)19-15(16)7-8-17(23-19)20-25-26-27-28(20)2;/h7-8,11-12H,9-10,13H2,1-6H3;7-8,11-12H,9-10,13H2,1-6H3;1H4. The predicted molar refractivity (Wildman–Crippen MR) is 266 cm³/mol. The Hall–Kier alpha value is -5.67. The molecule has 8 heterocycles. The van der Waals surface area contributed by atoms with Gasteiger partial charge in [-0.05, 0) is 88.4 Å². The largest absolute Gasteiger partial charge is 0.361 e. The van der Waals surface area contributed by atoms with Gasteiger partial charge in [-0.2, -0.15) is 0 Å². The number of nitrogens with zero attached hydrogens (tertiary/aromatic N) is 16. The number of tetrazole rings is 2. The Bertz CT molecular complexity index is 3120. The molecule has 0 aliphatic rings. The molecule has 0 aromatic carbocycles. The van der Waals surface area contributed by atoms with Gasteiger partial charge < -0.3 is 18.6 Å². The van der Waals surface area contributed by atoms with E-state index in [0.29, 0.717) is 54.4 Å². The van der Waals surface area contributed by atoms with Gasteiger partial charge in [0, 0.05) is 96.4 Å². The third-order valence-corrected chi connectivity index (χ3v) is 15.4. The highest BCUT2D eigenvalue weighted by molar-refractivity contribution is 7.98. The van der Waals surface area contributed by atoms with Crippen LogP contribution in [0.4, 0.5) is 0 Å². The predicted octanol–water partition coefficient (Wildman–Crippen LogP) is 7.37. The van der Waals surface area contributed by atoms with Crippen LogP contribution in [0.2, 0.25) is 51.4 Å². The molecule has 0 amide bonds. The van der Waals surface area contributed by atoms with Crippen LogP contribution in [0.3, 0.4) is 0 Å². The van der Waals surface area contributed by atoms with Gasteiger partial charge in [0.05, 0.1) is 11.4 Å². The molecular formula is C43H60N16O4S2Si2. The van der Waals surface area contributed by atoms with Crippen molar-refractivity contribution in [3.05, 3.63) is 60.2 Å². The Balaban J connectivity index is 0.000000218. The van der Waals surface area contributed by atoms with E-state index in [-0.39, 0.29) is 12.6 Å². The van der Waals surface area contributed by atoms with Gasteiger partial charge >= 0.3 is 0 Å². The molecule has 0 radical (unpaired) electrons. The van der Waals surface area contributed by atoms with E-state index in [4.69, 9.17) is 24.4 Å². The zero-order chi connectivity index (χ0) is 47.6. The zero-order valence-corrected chi connectivity index (χ0v) is 43.1. The Morgan fingerprint density at radius 3 is 1.51 bits per heavy atom. The van der Waals surface area contributed by atoms with E-state index in [9.17, 15) is 8.42 Å². The molecule has 0 bridgehead atoms. The lowest BCUT2D eigenvalue weighted by atomic mass is 10.1. The molecule has 0 saturated carbocycles. The van der Waals surface area contributed by atoms with Crippen LogP contribution < -0.4 is 0 Å². The van der Waals surface area contributed by atoms with Crippen molar-refractivity contribution in [1.82, 2.24) is 79.5 Å². The number of thioether (sulfide) groups is 1. The molecular weight excluding hydrogens is 925 g/mol. The van der Waals surface area contributed by atoms with Crippen molar-refractivity contribution in [1.29, 1.82) is 0 Å². The monoisotopic (exact) mass is 984 g/mol. The third kappa shape index (κ3) is 12.1. The highest BCUT2D eigenvalue weighted by Gasteiger charge is 2.22. The van der Waals surface area contributed by atoms with Crippen molar-refractivity contribution in [2.24, 2.45) is 14.1 Å². The summed E-state index contributed by atoms with van der Waals surface area (Å²) in [7, 11) is -2.39. The maximum atomic E-state index is 12.1. The minimum Gasteiger partial charge on any atom is -0.361 e. The van der Waals surface area contributed by atoms with Crippen LogP contribution in [0.25, 0.3) is 67.6 Å². The molecule has 356 valence electrons. The quantitative estimate of drug-likeness (QED) is 0.0398. The molecule has 0 atom stereocenters. The second-order valence-electron chi connectivity index (χ2n) is 18.5. The van der Waals surface area contributed by atoms with Gasteiger partial charge in [0.1, 0.15) is 36.1 Å². The number of ether oxygens (including phenoxy) is 2. The minimum absolute atomic E-state index is 0. The second kappa shape index (κ2) is 20.7. The summed E-state index contributed by atoms with van der Waals surface area (Å²) in [6.07, 6.45) is 10.4. The van der Waals surface area contributed by atoms with Crippen molar-refractivity contribution in [2.75, 3.05) is 25.7 Å². The normalized spacial score (nSPS) is 12.1. The highest BCUT2D eigenvalue weighted by atomic mass is 32.2. The van der Waals surface area contributed by atoms with Gasteiger partial charge in [0.2, 0.25) is 15.0 Å². The molecule has 0 spiro atoms. The zero-order valence-electron chi connectivity index (χ0n) is 39.5. The highest BCUT2D eigenvalue weighted by Crippen LogP contribution is 2.34. The maximum Gasteiger partial charge on any atom is 0.247 e. The topological polar surface area (TPSA) is 227 Å². The molecule has 8 rings (SSSR count). The molecule has 8 aromatic rings. The first-order valence-electron chi connectivity index (χ1n) is 21.2. The summed E-state index contributed by atoms with van der Waals surface area (Å²) in [5, 5.41) is 25.8. The third-order valence-electron chi connectivity index (χ3n) is 10.5. The summed E-state index contributed by atoms with van der Waals surface area (Å²) < 4.78 is 43.3. The van der Waals surface area contributed by atoms with E-state index in [1.807, 2.05) is 59.8 Å². The number of rotatable bonds is 16. The molecule has 0 N–H and O–H groups in total. The fourth-order valence-electron chi connectivity index (χ4n) is 6.80. The van der Waals surface area contributed by atoms with Gasteiger partial charge in [-0.3, -0.25) is 0 Å². The first-order chi connectivity index (χ1) is 31.2. The SMILES string of the molecule is C.CSc1ncc(C)c(-c2cn(COCC[Si](C)(C)C)c3nc(-c4nnnn4C)ccc23)n1.Cc1cnc(S(C)(=O)=O)nc1-c1cn(COCC[Si](C)(C)C)c2nc(-c3nnnn3C)ccc12. The van der Waals surface area contributed by atoms with E-state index in [0.717, 1.165) is 74.5 Å². The fraction of sp³-hybridized carbons (Fsp3) is 0.442. The number of aromatic nitrogens is 16. The lowest BCUT2D eigenvalue weighted by Gasteiger charge is -2.15. The van der Waals surface area contributed by atoms with Crippen molar-refractivity contribution >= 4 is 59.8 Å². The van der Waals surface area contributed by atoms with Crippen LogP contribution in [0.15, 0.2) is 59.4 Å². The van der Waals surface area contributed by atoms with Gasteiger partial charge in [-0.1, -0.05) is 58.5 Å². The Morgan fingerprint density at radius 2 is 1.10 bits per heavy atom. The molecule has 0 aliphatic heterocycles. The first-order valence-corrected chi connectivity index (χ1v) is 31.8. The minimum atomic E-state index is -3.56. The average molecular weight is 985 g/mol. The lowest BCUT2D eigenvalue weighted by Crippen LogP contribution is -2.22. The average Bonchev–Trinajstić information content (AvgIpc) is 4.06. The number of fused-ring (bicyclic) bond motifs is 2. The van der Waals surface area contributed by atoms with E-state index in [2.05, 4.69) is 97.5 Å². The molecule has 20 nitrogen and oxygen atoms in total. The summed E-state index contributed by atoms with van der Waals surface area (Å²) in [6.45, 7) is 20.0. The van der Waals surface area contributed by atoms with E-state index < -0.39 is 26.0 Å². The molecule has 0 saturated heterocycles. The number of hydrogen-bond acceptors (Lipinski definition) is 17. The Morgan fingerprint density at radius 1 is 0.657 bits per heavy atom. The summed E-state index contributed by atoms with van der Waals surface area (Å²) in [5.41, 5.74) is 7.80. The van der Waals surface area contributed by atoms with Crippen LogP contribution >= 0.6 is 11.8 Å². The van der Waals surface area contributed by atoms with Crippen LogP contribution in [-0.2, 0) is 46.9 Å². The van der Waals surface area contributed by atoms with Gasteiger partial charge in [-0.25, -0.2) is 47.7 Å². The molecule has 0 fully saturated rings. The van der Waals surface area contributed by atoms with Crippen LogP contribution in [0.5, 0.6) is 0 Å². The summed E-state index contributed by atoms with van der Waals surface area (Å²) in [4.78, 5) is 27.3. The number of sulfone groups is 1. The molecule has 24 heteroatoms. The summed E-state index contributed by atoms with van der Waals surface area (Å²) in [5.74, 6) is 1.15. The maximum absolute atomic E-state index is 12.1. The molecule has 0 aliphatic carbocycles. The van der Waals surface area contributed by atoms with E-state index >= 15 is 0 Å². The molecule has 0 unspecified atom stereocenters. The lowest BCUT2D eigenvalue weighted by molar-refractivity contribution is 0.0898. The van der Waals surface area contributed by atoms with Crippen molar-refractivity contribution in [2.45, 2.75) is 96.4 Å². The van der Waals surface area contributed by atoms with E-state index in [1.54, 1.807) is 23.5 Å². The molecule has 8 aromatic heterocycles. The van der Waals surface area contributed by atoms with E-state index in [1.165, 1.54) is 18.0 Å². The number of hydrogen-bond donors (Lipinski definition) is 0. The smallest absolute Gasteiger partial charge is 0.247 e. The fourth-order valence-corrected chi connectivity index (χ4v) is 9.16. The number of pyridine rings is 2. The number of aryl methyl sites for hydroxylation is 4. The van der Waals surface area contributed by atoms with Gasteiger partial charge in [0.25, 0.3) is 0 Å². The van der Waals surface area contributed by atoms with Crippen LogP contribution in [-0.4, -0.2) is 130 Å². The van der Waals surface area contributed by atoms with Crippen molar-refractivity contribution in [3.63, 3.8) is 0 Å². The van der Waals surface area contributed by atoms with Crippen molar-refractivity contribution < 1.29 is 17.9 Å². The first kappa shape index (κ1) is 50.7. The summed E-state index contributed by atoms with van der Waals surface area (Å²) >= 11 is 1.53. The van der Waals surface area contributed by atoms with Crippen LogP contribution in [0.1, 0.15) is 18.6 Å². The summed E-state index contributed by atoms with van der Waals surface area (Å²) in [6, 6.07) is 9.92. The Kier molecular flexibility index (Phi) is 15.7. The van der Waals surface area contributed by atoms with Crippen LogP contribution in [0, 0.1) is 13.8 Å². The molecule has 67 heavy (non-hydrogen) atoms.